The minimum atomic E-state index is -0.0425. The highest BCUT2D eigenvalue weighted by Crippen LogP contribution is 2.37. The third kappa shape index (κ3) is 3.52. The highest BCUT2D eigenvalue weighted by Gasteiger charge is 2.12. The quantitative estimate of drug-likeness (QED) is 0.878. The molecular weight excluding hydrogens is 324 g/mol. The molecule has 0 spiro atoms. The van der Waals surface area contributed by atoms with Crippen molar-refractivity contribution in [3.63, 3.8) is 0 Å². The van der Waals surface area contributed by atoms with Gasteiger partial charge in [-0.1, -0.05) is 0 Å². The summed E-state index contributed by atoms with van der Waals surface area (Å²) < 4.78 is 13.8. The Hall–Kier alpha value is -1.53. The number of aliphatic hydroxyl groups excluding tert-OH is 1. The Morgan fingerprint density at radius 3 is 2.75 bits per heavy atom. The number of hydrogen-bond acceptors (Lipinski definition) is 4. The zero-order valence-electron chi connectivity index (χ0n) is 11.5. The molecule has 6 heteroatoms. The van der Waals surface area contributed by atoms with Crippen molar-refractivity contribution in [2.24, 2.45) is 7.05 Å². The van der Waals surface area contributed by atoms with Crippen molar-refractivity contribution < 1.29 is 14.6 Å². The Morgan fingerprint density at radius 2 is 2.15 bits per heavy atom. The van der Waals surface area contributed by atoms with Crippen molar-refractivity contribution in [2.45, 2.75) is 20.1 Å². The average molecular weight is 341 g/mol. The topological polar surface area (TPSA) is 56.5 Å². The number of aryl methyl sites for hydroxylation is 1. The molecule has 2 rings (SSSR count). The molecule has 1 heterocycles. The van der Waals surface area contributed by atoms with Gasteiger partial charge in [-0.2, -0.15) is 5.10 Å². The van der Waals surface area contributed by atoms with E-state index in [-0.39, 0.29) is 6.61 Å². The molecule has 0 aliphatic heterocycles. The number of rotatable bonds is 6. The maximum absolute atomic E-state index is 9.23. The Morgan fingerprint density at radius 1 is 1.35 bits per heavy atom. The third-order valence-electron chi connectivity index (χ3n) is 2.68. The van der Waals surface area contributed by atoms with Crippen LogP contribution in [0, 0.1) is 0 Å². The molecule has 0 aliphatic carbocycles. The maximum Gasteiger partial charge on any atom is 0.175 e. The Balaban J connectivity index is 2.20. The second-order valence-electron chi connectivity index (χ2n) is 4.27. The molecule has 108 valence electrons. The lowest BCUT2D eigenvalue weighted by Crippen LogP contribution is -2.02. The second kappa shape index (κ2) is 6.76. The van der Waals surface area contributed by atoms with Crippen molar-refractivity contribution in [2.75, 3.05) is 6.61 Å². The van der Waals surface area contributed by atoms with Gasteiger partial charge >= 0.3 is 0 Å². The molecule has 1 aromatic carbocycles. The Labute approximate surface area is 126 Å². The van der Waals surface area contributed by atoms with E-state index in [0.717, 1.165) is 15.7 Å². The summed E-state index contributed by atoms with van der Waals surface area (Å²) in [5, 5.41) is 13.5. The summed E-state index contributed by atoms with van der Waals surface area (Å²) in [7, 11) is 1.86. The van der Waals surface area contributed by atoms with Crippen LogP contribution in [-0.4, -0.2) is 21.5 Å². The predicted molar refractivity (Wildman–Crippen MR) is 78.8 cm³/mol. The largest absolute Gasteiger partial charge is 0.490 e. The molecule has 5 nitrogen and oxygen atoms in total. The van der Waals surface area contributed by atoms with Crippen LogP contribution < -0.4 is 9.47 Å². The van der Waals surface area contributed by atoms with Crippen LogP contribution in [0.2, 0.25) is 0 Å². The molecule has 2 aromatic rings. The predicted octanol–water partition coefficient (Wildman–Crippen LogP) is 2.65. The smallest absolute Gasteiger partial charge is 0.175 e. The number of hydrogen-bond donors (Lipinski definition) is 1. The van der Waals surface area contributed by atoms with Gasteiger partial charge in [0.2, 0.25) is 0 Å². The molecule has 0 fully saturated rings. The molecule has 0 saturated heterocycles. The van der Waals surface area contributed by atoms with Crippen molar-refractivity contribution in [3.8, 4) is 11.5 Å². The summed E-state index contributed by atoms with van der Waals surface area (Å²) >= 11 is 3.45. The summed E-state index contributed by atoms with van der Waals surface area (Å²) in [5.74, 6) is 1.23. The van der Waals surface area contributed by atoms with Gasteiger partial charge in [-0.3, -0.25) is 4.68 Å². The molecule has 20 heavy (non-hydrogen) atoms. The average Bonchev–Trinajstić information content (AvgIpc) is 2.83. The van der Waals surface area contributed by atoms with Gasteiger partial charge in [0.15, 0.2) is 11.5 Å². The van der Waals surface area contributed by atoms with Crippen LogP contribution in [0.5, 0.6) is 11.5 Å². The van der Waals surface area contributed by atoms with Crippen LogP contribution in [0.3, 0.4) is 0 Å². The van der Waals surface area contributed by atoms with Crippen LogP contribution >= 0.6 is 15.9 Å². The molecule has 0 bridgehead atoms. The van der Waals surface area contributed by atoms with Crippen LogP contribution in [0.25, 0.3) is 0 Å². The Bertz CT molecular complexity index is 584. The van der Waals surface area contributed by atoms with Gasteiger partial charge < -0.3 is 14.6 Å². The lowest BCUT2D eigenvalue weighted by atomic mass is 10.2. The van der Waals surface area contributed by atoms with Gasteiger partial charge in [-0.15, -0.1) is 0 Å². The van der Waals surface area contributed by atoms with Crippen molar-refractivity contribution >= 4 is 15.9 Å². The second-order valence-corrected chi connectivity index (χ2v) is 5.12. The molecule has 0 saturated carbocycles. The minimum Gasteiger partial charge on any atom is -0.490 e. The molecule has 0 aliphatic rings. The van der Waals surface area contributed by atoms with E-state index in [1.165, 1.54) is 0 Å². The van der Waals surface area contributed by atoms with E-state index in [2.05, 4.69) is 21.0 Å². The van der Waals surface area contributed by atoms with E-state index < -0.39 is 0 Å². The van der Waals surface area contributed by atoms with Crippen LogP contribution in [0.4, 0.5) is 0 Å². The zero-order valence-corrected chi connectivity index (χ0v) is 13.1. The van der Waals surface area contributed by atoms with E-state index in [1.807, 2.05) is 32.3 Å². The lowest BCUT2D eigenvalue weighted by Gasteiger charge is -2.14. The fraction of sp³-hybridized carbons (Fsp3) is 0.357. The Kier molecular flexibility index (Phi) is 5.03. The molecule has 0 radical (unpaired) electrons. The monoisotopic (exact) mass is 340 g/mol. The van der Waals surface area contributed by atoms with Gasteiger partial charge in [-0.25, -0.2) is 0 Å². The number of aliphatic hydroxyl groups is 1. The van der Waals surface area contributed by atoms with Gasteiger partial charge in [-0.05, 0) is 46.6 Å². The van der Waals surface area contributed by atoms with E-state index in [0.29, 0.717) is 24.7 Å². The molecule has 1 aromatic heterocycles. The van der Waals surface area contributed by atoms with Crippen LogP contribution in [0.1, 0.15) is 18.2 Å². The zero-order chi connectivity index (χ0) is 14.5. The number of aromatic nitrogens is 2. The fourth-order valence-electron chi connectivity index (χ4n) is 1.80. The van der Waals surface area contributed by atoms with E-state index in [1.54, 1.807) is 10.7 Å². The number of nitrogens with zero attached hydrogens (tertiary/aromatic N) is 2. The van der Waals surface area contributed by atoms with E-state index in [9.17, 15) is 5.11 Å². The van der Waals surface area contributed by atoms with Crippen LogP contribution in [-0.2, 0) is 20.3 Å². The summed E-state index contributed by atoms with van der Waals surface area (Å²) in [6.45, 7) is 2.75. The summed E-state index contributed by atoms with van der Waals surface area (Å²) in [4.78, 5) is 0. The normalized spacial score (nSPS) is 10.6. The minimum absolute atomic E-state index is 0.0425. The SMILES string of the molecule is CCOc1cc(CO)cc(Br)c1OCc1ccn(C)n1. The van der Waals surface area contributed by atoms with Gasteiger partial charge in [0, 0.05) is 13.2 Å². The van der Waals surface area contributed by atoms with Crippen molar-refractivity contribution in [3.05, 3.63) is 40.1 Å². The first kappa shape index (κ1) is 14.9. The molecule has 0 atom stereocenters. The van der Waals surface area contributed by atoms with E-state index >= 15 is 0 Å². The maximum atomic E-state index is 9.23. The van der Waals surface area contributed by atoms with Crippen molar-refractivity contribution in [1.82, 2.24) is 9.78 Å². The number of halogens is 1. The highest BCUT2D eigenvalue weighted by atomic mass is 79.9. The molecular formula is C14H17BrN2O3. The van der Waals surface area contributed by atoms with Gasteiger partial charge in [0.25, 0.3) is 0 Å². The van der Waals surface area contributed by atoms with E-state index in [4.69, 9.17) is 9.47 Å². The summed E-state index contributed by atoms with van der Waals surface area (Å²) in [5.41, 5.74) is 1.61. The molecule has 0 unspecified atom stereocenters. The third-order valence-corrected chi connectivity index (χ3v) is 3.27. The molecule has 0 amide bonds. The first-order chi connectivity index (χ1) is 9.63. The summed E-state index contributed by atoms with van der Waals surface area (Å²) in [6, 6.07) is 5.49. The van der Waals surface area contributed by atoms with Crippen LogP contribution in [0.15, 0.2) is 28.9 Å². The number of benzene rings is 1. The van der Waals surface area contributed by atoms with Gasteiger partial charge in [0.05, 0.1) is 23.4 Å². The highest BCUT2D eigenvalue weighted by molar-refractivity contribution is 9.10. The summed E-state index contributed by atoms with van der Waals surface area (Å²) in [6.07, 6.45) is 1.87. The number of ether oxygens (including phenoxy) is 2. The fourth-order valence-corrected chi connectivity index (χ4v) is 2.41. The molecule has 1 N–H and O–H groups in total. The van der Waals surface area contributed by atoms with Gasteiger partial charge in [0.1, 0.15) is 6.61 Å². The standard InChI is InChI=1S/C14H17BrN2O3/c1-3-19-13-7-10(8-18)6-12(15)14(13)20-9-11-4-5-17(2)16-11/h4-7,18H,3,8-9H2,1-2H3. The lowest BCUT2D eigenvalue weighted by molar-refractivity contribution is 0.259. The van der Waals surface area contributed by atoms with Crippen molar-refractivity contribution in [1.29, 1.82) is 0 Å². The first-order valence-corrected chi connectivity index (χ1v) is 7.10. The first-order valence-electron chi connectivity index (χ1n) is 6.31.